The van der Waals surface area contributed by atoms with Gasteiger partial charge in [-0.1, -0.05) is 6.58 Å². The van der Waals surface area contributed by atoms with Crippen molar-refractivity contribution >= 4 is 5.97 Å². The van der Waals surface area contributed by atoms with Crippen molar-refractivity contribution in [2.45, 2.75) is 37.5 Å². The molecule has 3 nitrogen and oxygen atoms in total. The van der Waals surface area contributed by atoms with E-state index in [1.165, 1.54) is 6.92 Å². The van der Waals surface area contributed by atoms with Crippen molar-refractivity contribution in [1.29, 1.82) is 0 Å². The van der Waals surface area contributed by atoms with E-state index >= 15 is 0 Å². The van der Waals surface area contributed by atoms with Crippen molar-refractivity contribution in [3.05, 3.63) is 18.8 Å². The van der Waals surface area contributed by atoms with Gasteiger partial charge in [-0.3, -0.25) is 0 Å². The molecule has 0 aromatic carbocycles. The first kappa shape index (κ1) is 21.6. The van der Waals surface area contributed by atoms with Gasteiger partial charge < -0.3 is 9.47 Å². The molecule has 23 heavy (non-hydrogen) atoms. The van der Waals surface area contributed by atoms with Gasteiger partial charge in [-0.2, -0.15) is 26.3 Å². The highest BCUT2D eigenvalue weighted by molar-refractivity contribution is 5.86. The minimum Gasteiger partial charge on any atom is -0.462 e. The number of carbonyl (C=O) groups excluding carboxylic acids is 1. The van der Waals surface area contributed by atoms with Gasteiger partial charge in [-0.15, -0.1) is 0 Å². The molecule has 0 atom stereocenters. The predicted octanol–water partition coefficient (Wildman–Crippen LogP) is 3.85. The third-order valence-corrected chi connectivity index (χ3v) is 2.35. The van der Waals surface area contributed by atoms with Crippen molar-refractivity contribution in [2.24, 2.45) is 0 Å². The Morgan fingerprint density at radius 3 is 2.13 bits per heavy atom. The van der Waals surface area contributed by atoms with Crippen LogP contribution in [0, 0.1) is 6.61 Å². The quantitative estimate of drug-likeness (QED) is 0.258. The molecule has 0 aliphatic carbocycles. The van der Waals surface area contributed by atoms with Crippen LogP contribution in [0.4, 0.5) is 35.1 Å². The van der Waals surface area contributed by atoms with Crippen LogP contribution in [0.1, 0.15) is 13.3 Å². The highest BCUT2D eigenvalue weighted by Crippen LogP contribution is 2.48. The predicted molar refractivity (Wildman–Crippen MR) is 61.5 cm³/mol. The van der Waals surface area contributed by atoms with Crippen molar-refractivity contribution in [3.63, 3.8) is 0 Å². The molecule has 0 bridgehead atoms. The largest absolute Gasteiger partial charge is 0.462 e. The number of ether oxygens (including phenoxy) is 2. The summed E-state index contributed by atoms with van der Waals surface area (Å²) in [6, 6.07) is 0. The van der Waals surface area contributed by atoms with E-state index < -0.39 is 36.8 Å². The summed E-state index contributed by atoms with van der Waals surface area (Å²) in [6.45, 7) is 2.43. The number of halogens is 8. The standard InChI is InChI=1S/C12H13F8O3/c1-7(2)8(21)23-5-3-4-22-6-10(15,16)12(19,20)11(17,18)9(13)14/h4,9H,1,3,5-6H2,2H3. The fraction of sp³-hybridized carbons (Fsp3) is 0.667. The summed E-state index contributed by atoms with van der Waals surface area (Å²) in [7, 11) is 0. The third kappa shape index (κ3) is 5.33. The Hall–Kier alpha value is -1.39. The maximum absolute atomic E-state index is 13.0. The topological polar surface area (TPSA) is 35.5 Å². The lowest BCUT2D eigenvalue weighted by atomic mass is 10.1. The monoisotopic (exact) mass is 357 g/mol. The Kier molecular flexibility index (Phi) is 7.45. The number of carbonyl (C=O) groups is 1. The summed E-state index contributed by atoms with van der Waals surface area (Å²) in [6.07, 6.45) is -5.31. The molecule has 0 saturated carbocycles. The Labute approximate surface area is 126 Å². The van der Waals surface area contributed by atoms with Gasteiger partial charge in [0.1, 0.15) is 6.61 Å². The second-order valence-electron chi connectivity index (χ2n) is 4.39. The smallest absolute Gasteiger partial charge is 0.380 e. The second kappa shape index (κ2) is 7.93. The van der Waals surface area contributed by atoms with Crippen molar-refractivity contribution < 1.29 is 49.4 Å². The normalized spacial score (nSPS) is 13.3. The highest BCUT2D eigenvalue weighted by atomic mass is 19.4. The average Bonchev–Trinajstić information content (AvgIpc) is 2.41. The molecule has 1 radical (unpaired) electrons. The van der Waals surface area contributed by atoms with E-state index in [2.05, 4.69) is 16.1 Å². The molecule has 0 unspecified atom stereocenters. The number of alkyl halides is 8. The minimum atomic E-state index is -6.31. The van der Waals surface area contributed by atoms with Gasteiger partial charge in [0, 0.05) is 12.0 Å². The van der Waals surface area contributed by atoms with Crippen LogP contribution in [-0.2, 0) is 14.3 Å². The summed E-state index contributed by atoms with van der Waals surface area (Å²) in [4.78, 5) is 10.9. The molecule has 0 heterocycles. The van der Waals surface area contributed by atoms with E-state index in [1.807, 2.05) is 0 Å². The summed E-state index contributed by atoms with van der Waals surface area (Å²) < 4.78 is 109. The van der Waals surface area contributed by atoms with Crippen LogP contribution in [0.2, 0.25) is 0 Å². The molecule has 0 spiro atoms. The van der Waals surface area contributed by atoms with Crippen LogP contribution < -0.4 is 0 Å². The zero-order valence-corrected chi connectivity index (χ0v) is 11.7. The first-order valence-corrected chi connectivity index (χ1v) is 5.95. The molecule has 0 aromatic rings. The average molecular weight is 357 g/mol. The van der Waals surface area contributed by atoms with Crippen LogP contribution >= 0.6 is 0 Å². The fourth-order valence-corrected chi connectivity index (χ4v) is 1.04. The van der Waals surface area contributed by atoms with Crippen LogP contribution in [0.15, 0.2) is 12.2 Å². The maximum Gasteiger partial charge on any atom is 0.380 e. The van der Waals surface area contributed by atoms with Gasteiger partial charge in [0.25, 0.3) is 0 Å². The molecule has 0 aromatic heterocycles. The zero-order chi connectivity index (χ0) is 18.5. The summed E-state index contributed by atoms with van der Waals surface area (Å²) >= 11 is 0. The molecule has 0 fully saturated rings. The third-order valence-electron chi connectivity index (χ3n) is 2.35. The van der Waals surface area contributed by atoms with Gasteiger partial charge in [0.05, 0.1) is 13.2 Å². The fourth-order valence-electron chi connectivity index (χ4n) is 1.04. The van der Waals surface area contributed by atoms with Crippen LogP contribution in [0.3, 0.4) is 0 Å². The van der Waals surface area contributed by atoms with E-state index in [9.17, 15) is 39.9 Å². The highest BCUT2D eigenvalue weighted by Gasteiger charge is 2.75. The molecule has 0 amide bonds. The lowest BCUT2D eigenvalue weighted by molar-refractivity contribution is -0.344. The van der Waals surface area contributed by atoms with Crippen LogP contribution in [-0.4, -0.2) is 43.4 Å². The van der Waals surface area contributed by atoms with E-state index in [0.717, 1.165) is 0 Å². The second-order valence-corrected chi connectivity index (χ2v) is 4.39. The summed E-state index contributed by atoms with van der Waals surface area (Å²) in [5.74, 6) is -18.9. The molecule has 0 N–H and O–H groups in total. The number of hydrogen-bond donors (Lipinski definition) is 0. The molecule has 0 aliphatic heterocycles. The Bertz CT molecular complexity index is 423. The number of rotatable bonds is 10. The number of hydrogen-bond acceptors (Lipinski definition) is 3. The lowest BCUT2D eigenvalue weighted by Crippen LogP contribution is -2.59. The molecule has 0 aliphatic rings. The Morgan fingerprint density at radius 2 is 1.70 bits per heavy atom. The van der Waals surface area contributed by atoms with Crippen molar-refractivity contribution in [3.8, 4) is 0 Å². The first-order chi connectivity index (χ1) is 10.3. The van der Waals surface area contributed by atoms with Gasteiger partial charge in [-0.25, -0.2) is 13.6 Å². The van der Waals surface area contributed by atoms with Gasteiger partial charge in [-0.05, 0) is 6.92 Å². The maximum atomic E-state index is 13.0. The van der Waals surface area contributed by atoms with Crippen LogP contribution in [0.25, 0.3) is 0 Å². The molecule has 135 valence electrons. The van der Waals surface area contributed by atoms with Gasteiger partial charge >= 0.3 is 30.2 Å². The lowest BCUT2D eigenvalue weighted by Gasteiger charge is -2.31. The first-order valence-electron chi connectivity index (χ1n) is 5.95. The van der Waals surface area contributed by atoms with Crippen molar-refractivity contribution in [2.75, 3.05) is 13.2 Å². The molecular weight excluding hydrogens is 344 g/mol. The summed E-state index contributed by atoms with van der Waals surface area (Å²) in [5, 5.41) is 0. The van der Waals surface area contributed by atoms with E-state index in [4.69, 9.17) is 0 Å². The van der Waals surface area contributed by atoms with Crippen LogP contribution in [0.5, 0.6) is 0 Å². The Balaban J connectivity index is 4.38. The zero-order valence-electron chi connectivity index (χ0n) is 11.7. The minimum absolute atomic E-state index is 0.0475. The Morgan fingerprint density at radius 1 is 1.17 bits per heavy atom. The van der Waals surface area contributed by atoms with E-state index in [0.29, 0.717) is 6.61 Å². The molecular formula is C12H13F8O3. The van der Waals surface area contributed by atoms with Gasteiger partial charge in [0.2, 0.25) is 0 Å². The molecule has 0 rings (SSSR count). The SMILES string of the molecule is C=C(C)C(=O)OCC[CH]OCC(F)(F)C(F)(F)C(F)(F)C(F)F. The van der Waals surface area contributed by atoms with Crippen molar-refractivity contribution in [1.82, 2.24) is 0 Å². The number of esters is 1. The van der Waals surface area contributed by atoms with E-state index in [1.54, 1.807) is 0 Å². The van der Waals surface area contributed by atoms with Gasteiger partial charge in [0.15, 0.2) is 0 Å². The molecule has 0 saturated heterocycles. The van der Waals surface area contributed by atoms with E-state index in [-0.39, 0.29) is 18.6 Å². The molecule has 11 heteroatoms. The summed E-state index contributed by atoms with van der Waals surface area (Å²) in [5.41, 5.74) is 0.0475.